The molecule has 0 saturated carbocycles. The Kier molecular flexibility index (Phi) is 5.19. The van der Waals surface area contributed by atoms with Crippen LogP contribution >= 0.6 is 12.2 Å². The first-order valence-electron chi connectivity index (χ1n) is 8.24. The van der Waals surface area contributed by atoms with E-state index in [1.165, 1.54) is 5.56 Å². The van der Waals surface area contributed by atoms with Crippen molar-refractivity contribution in [3.63, 3.8) is 0 Å². The van der Waals surface area contributed by atoms with E-state index in [9.17, 15) is 4.79 Å². The first kappa shape index (κ1) is 17.2. The van der Waals surface area contributed by atoms with Gasteiger partial charge in [-0.2, -0.15) is 0 Å². The van der Waals surface area contributed by atoms with Crippen LogP contribution in [0.5, 0.6) is 0 Å². The number of aryl methyl sites for hydroxylation is 1. The highest BCUT2D eigenvalue weighted by Crippen LogP contribution is 2.16. The van der Waals surface area contributed by atoms with Gasteiger partial charge in [-0.3, -0.25) is 4.79 Å². The molecule has 1 aromatic carbocycles. The largest absolute Gasteiger partial charge is 0.467 e. The van der Waals surface area contributed by atoms with Crippen molar-refractivity contribution in [3.8, 4) is 0 Å². The van der Waals surface area contributed by atoms with Crippen LogP contribution in [0.1, 0.15) is 23.8 Å². The monoisotopic (exact) mass is 355 g/mol. The zero-order chi connectivity index (χ0) is 17.8. The maximum Gasteiger partial charge on any atom is 0.253 e. The van der Waals surface area contributed by atoms with E-state index in [1.807, 2.05) is 35.2 Å². The van der Waals surface area contributed by atoms with Crippen LogP contribution in [0.3, 0.4) is 0 Å². The molecule has 130 valence electrons. The van der Waals surface area contributed by atoms with Gasteiger partial charge in [0, 0.05) is 18.1 Å². The first-order valence-corrected chi connectivity index (χ1v) is 8.65. The van der Waals surface area contributed by atoms with E-state index in [-0.39, 0.29) is 5.56 Å². The average Bonchev–Trinajstić information content (AvgIpc) is 3.13. The third kappa shape index (κ3) is 3.91. The lowest BCUT2D eigenvalue weighted by Crippen LogP contribution is -2.38. The smallest absolute Gasteiger partial charge is 0.253 e. The van der Waals surface area contributed by atoms with Crippen LogP contribution in [0.25, 0.3) is 10.9 Å². The lowest BCUT2D eigenvalue weighted by molar-refractivity contribution is 0.352. The molecule has 3 aromatic rings. The Hall–Kier alpha value is -2.60. The molecule has 0 aliphatic carbocycles. The van der Waals surface area contributed by atoms with Crippen molar-refractivity contribution in [1.82, 2.24) is 15.2 Å². The van der Waals surface area contributed by atoms with Gasteiger partial charge in [0.1, 0.15) is 5.76 Å². The molecule has 5 nitrogen and oxygen atoms in total. The van der Waals surface area contributed by atoms with E-state index < -0.39 is 0 Å². The normalized spacial score (nSPS) is 10.8. The SMILES string of the molecule is CCc1ccc2[nH]c(=O)c(CN(Cc3ccco3)C(=S)NC)cc2c1. The molecule has 0 radical (unpaired) electrons. The second-order valence-corrected chi connectivity index (χ2v) is 6.28. The topological polar surface area (TPSA) is 61.3 Å². The maximum absolute atomic E-state index is 12.5. The summed E-state index contributed by atoms with van der Waals surface area (Å²) in [6.07, 6.45) is 2.59. The van der Waals surface area contributed by atoms with Crippen molar-refractivity contribution >= 4 is 28.2 Å². The van der Waals surface area contributed by atoms with Gasteiger partial charge in [-0.25, -0.2) is 0 Å². The van der Waals surface area contributed by atoms with Gasteiger partial charge in [-0.15, -0.1) is 0 Å². The number of nitrogens with zero attached hydrogens (tertiary/aromatic N) is 1. The number of pyridine rings is 1. The molecule has 2 aromatic heterocycles. The highest BCUT2D eigenvalue weighted by molar-refractivity contribution is 7.80. The molecule has 0 saturated heterocycles. The van der Waals surface area contributed by atoms with E-state index in [4.69, 9.17) is 16.6 Å². The second-order valence-electron chi connectivity index (χ2n) is 5.89. The summed E-state index contributed by atoms with van der Waals surface area (Å²) < 4.78 is 5.41. The minimum Gasteiger partial charge on any atom is -0.467 e. The van der Waals surface area contributed by atoms with Gasteiger partial charge >= 0.3 is 0 Å². The molecule has 0 amide bonds. The zero-order valence-corrected chi connectivity index (χ0v) is 15.2. The molecule has 6 heteroatoms. The zero-order valence-electron chi connectivity index (χ0n) is 14.3. The number of nitrogens with one attached hydrogen (secondary N) is 2. The summed E-state index contributed by atoms with van der Waals surface area (Å²) in [6.45, 7) is 3.02. The minimum absolute atomic E-state index is 0.0971. The molecule has 0 spiro atoms. The van der Waals surface area contributed by atoms with Crippen molar-refractivity contribution in [2.45, 2.75) is 26.4 Å². The summed E-state index contributed by atoms with van der Waals surface area (Å²) in [6, 6.07) is 11.8. The maximum atomic E-state index is 12.5. The van der Waals surface area contributed by atoms with Crippen molar-refractivity contribution in [2.24, 2.45) is 0 Å². The lowest BCUT2D eigenvalue weighted by atomic mass is 10.1. The summed E-state index contributed by atoms with van der Waals surface area (Å²) in [5.41, 5.74) is 2.66. The van der Waals surface area contributed by atoms with Gasteiger partial charge in [0.2, 0.25) is 0 Å². The number of aromatic nitrogens is 1. The van der Waals surface area contributed by atoms with Crippen molar-refractivity contribution < 1.29 is 4.42 Å². The average molecular weight is 355 g/mol. The van der Waals surface area contributed by atoms with Gasteiger partial charge in [-0.1, -0.05) is 13.0 Å². The first-order chi connectivity index (χ1) is 12.1. The fraction of sp³-hybridized carbons (Fsp3) is 0.263. The van der Waals surface area contributed by atoms with Gasteiger partial charge < -0.3 is 19.6 Å². The number of fused-ring (bicyclic) bond motifs is 1. The van der Waals surface area contributed by atoms with Gasteiger partial charge in [0.05, 0.1) is 19.4 Å². The molecule has 0 atom stereocenters. The minimum atomic E-state index is -0.0971. The predicted octanol–water partition coefficient (Wildman–Crippen LogP) is 3.19. The summed E-state index contributed by atoms with van der Waals surface area (Å²) in [5.74, 6) is 0.795. The Morgan fingerprint density at radius 3 is 2.80 bits per heavy atom. The summed E-state index contributed by atoms with van der Waals surface area (Å²) in [7, 11) is 1.77. The van der Waals surface area contributed by atoms with E-state index >= 15 is 0 Å². The number of aromatic amines is 1. The fourth-order valence-corrected chi connectivity index (χ4v) is 2.92. The van der Waals surface area contributed by atoms with Crippen molar-refractivity contribution in [3.05, 3.63) is 69.9 Å². The number of H-pyrrole nitrogens is 1. The molecule has 25 heavy (non-hydrogen) atoms. The van der Waals surface area contributed by atoms with Crippen LogP contribution in [-0.2, 0) is 19.5 Å². The Balaban J connectivity index is 1.93. The summed E-state index contributed by atoms with van der Waals surface area (Å²) in [5, 5.41) is 4.57. The third-order valence-corrected chi connectivity index (χ3v) is 4.65. The van der Waals surface area contributed by atoms with Gasteiger partial charge in [-0.05, 0) is 59.9 Å². The number of rotatable bonds is 5. The molecule has 0 fully saturated rings. The number of furan rings is 1. The molecule has 0 bridgehead atoms. The van der Waals surface area contributed by atoms with Gasteiger partial charge in [0.25, 0.3) is 5.56 Å². The molecular weight excluding hydrogens is 334 g/mol. The van der Waals surface area contributed by atoms with Gasteiger partial charge in [0.15, 0.2) is 5.11 Å². The van der Waals surface area contributed by atoms with E-state index in [0.29, 0.717) is 23.8 Å². The van der Waals surface area contributed by atoms with Crippen LogP contribution in [0.4, 0.5) is 0 Å². The van der Waals surface area contributed by atoms with Crippen molar-refractivity contribution in [2.75, 3.05) is 7.05 Å². The van der Waals surface area contributed by atoms with Crippen LogP contribution in [-0.4, -0.2) is 22.0 Å². The molecule has 2 heterocycles. The standard InChI is InChI=1S/C19H21N3O2S/c1-3-13-6-7-17-14(9-13)10-15(18(23)21-17)11-22(19(25)20-2)12-16-5-4-8-24-16/h4-10H,3,11-12H2,1-2H3,(H,20,25)(H,21,23). The molecule has 2 N–H and O–H groups in total. The summed E-state index contributed by atoms with van der Waals surface area (Å²) in [4.78, 5) is 17.3. The quantitative estimate of drug-likeness (QED) is 0.688. The van der Waals surface area contributed by atoms with Crippen LogP contribution in [0.2, 0.25) is 0 Å². The molecule has 0 unspecified atom stereocenters. The molecule has 3 rings (SSSR count). The predicted molar refractivity (Wildman–Crippen MR) is 104 cm³/mol. The number of benzene rings is 1. The van der Waals surface area contributed by atoms with Crippen LogP contribution < -0.4 is 10.9 Å². The number of hydrogen-bond donors (Lipinski definition) is 2. The second kappa shape index (κ2) is 7.53. The number of thiocarbonyl (C=S) groups is 1. The molecule has 0 aliphatic heterocycles. The molecule has 0 aliphatic rings. The van der Waals surface area contributed by atoms with Crippen LogP contribution in [0, 0.1) is 0 Å². The van der Waals surface area contributed by atoms with E-state index in [1.54, 1.807) is 13.3 Å². The lowest BCUT2D eigenvalue weighted by Gasteiger charge is -2.23. The van der Waals surface area contributed by atoms with E-state index in [2.05, 4.69) is 23.3 Å². The van der Waals surface area contributed by atoms with Crippen molar-refractivity contribution in [1.29, 1.82) is 0 Å². The Morgan fingerprint density at radius 2 is 2.12 bits per heavy atom. The van der Waals surface area contributed by atoms with Crippen LogP contribution in [0.15, 0.2) is 51.9 Å². The fourth-order valence-electron chi connectivity index (χ4n) is 2.79. The Bertz CT molecular complexity index is 931. The Morgan fingerprint density at radius 1 is 1.28 bits per heavy atom. The third-order valence-electron chi connectivity index (χ3n) is 4.18. The molecular formula is C19H21N3O2S. The summed E-state index contributed by atoms with van der Waals surface area (Å²) >= 11 is 5.39. The number of hydrogen-bond acceptors (Lipinski definition) is 3. The highest BCUT2D eigenvalue weighted by Gasteiger charge is 2.14. The highest BCUT2D eigenvalue weighted by atomic mass is 32.1. The Labute approximate surface area is 151 Å². The van der Waals surface area contributed by atoms with E-state index in [0.717, 1.165) is 23.1 Å².